The number of likely N-dealkylation sites (tertiary alicyclic amines) is 1. The van der Waals surface area contributed by atoms with Crippen LogP contribution in [0.3, 0.4) is 0 Å². The van der Waals surface area contributed by atoms with Crippen LogP contribution in [0.4, 0.5) is 19.0 Å². The highest BCUT2D eigenvalue weighted by molar-refractivity contribution is 7.97. The molecule has 1 amide bonds. The van der Waals surface area contributed by atoms with Crippen LogP contribution >= 0.6 is 23.5 Å². The summed E-state index contributed by atoms with van der Waals surface area (Å²) in [4.78, 5) is 29.1. The Hall–Kier alpha value is -3.88. The summed E-state index contributed by atoms with van der Waals surface area (Å²) in [5.41, 5.74) is -0.339. The molecule has 0 bridgehead atoms. The van der Waals surface area contributed by atoms with Crippen LogP contribution in [0.2, 0.25) is 5.15 Å². The van der Waals surface area contributed by atoms with Crippen LogP contribution in [0.15, 0.2) is 72.0 Å². The molecule has 6 rings (SSSR count). The Labute approximate surface area is 298 Å². The summed E-state index contributed by atoms with van der Waals surface area (Å²) >= 11 is 7.45. The number of amides is 1. The highest BCUT2D eigenvalue weighted by Gasteiger charge is 2.62. The highest BCUT2D eigenvalue weighted by Crippen LogP contribution is 2.59. The summed E-state index contributed by atoms with van der Waals surface area (Å²) in [6, 6.07) is 16.1. The summed E-state index contributed by atoms with van der Waals surface area (Å²) in [5, 5.41) is 8.33. The van der Waals surface area contributed by atoms with Crippen molar-refractivity contribution < 1.29 is 22.7 Å². The number of nitrogens with zero attached hydrogens (tertiary/aromatic N) is 6. The van der Waals surface area contributed by atoms with Gasteiger partial charge in [0.2, 0.25) is 5.88 Å². The minimum absolute atomic E-state index is 0.0300. The van der Waals surface area contributed by atoms with Gasteiger partial charge in [-0.05, 0) is 102 Å². The molecule has 1 aliphatic carbocycles. The molecule has 0 aromatic carbocycles. The Kier molecular flexibility index (Phi) is 10.6. The second-order valence-corrected chi connectivity index (χ2v) is 14.9. The average molecular weight is 729 g/mol. The lowest BCUT2D eigenvalue weighted by molar-refractivity contribution is -0.190. The minimum Gasteiger partial charge on any atom is -0.477 e. The quantitative estimate of drug-likeness (QED) is 0.0989. The van der Waals surface area contributed by atoms with Crippen molar-refractivity contribution in [1.82, 2.24) is 34.4 Å². The van der Waals surface area contributed by atoms with E-state index in [9.17, 15) is 18.0 Å². The molecule has 2 N–H and O–H groups in total. The molecule has 2 aliphatic rings. The molecule has 4 aromatic heterocycles. The molecule has 0 spiro atoms. The summed E-state index contributed by atoms with van der Waals surface area (Å²) in [6.07, 6.45) is 2.37. The lowest BCUT2D eigenvalue weighted by atomic mass is 9.91. The predicted octanol–water partition coefficient (Wildman–Crippen LogP) is 7.92. The Morgan fingerprint density at radius 2 is 1.94 bits per heavy atom. The summed E-state index contributed by atoms with van der Waals surface area (Å²) < 4.78 is 49.2. The number of ether oxygens (including phenoxy) is 1. The van der Waals surface area contributed by atoms with Crippen molar-refractivity contribution in [2.24, 2.45) is 11.3 Å². The topological polar surface area (TPSA) is 110 Å². The third-order valence-corrected chi connectivity index (χ3v) is 10.7. The van der Waals surface area contributed by atoms with E-state index in [1.807, 2.05) is 30.3 Å². The van der Waals surface area contributed by atoms with E-state index in [1.54, 1.807) is 24.5 Å². The normalized spacial score (nSPS) is 18.8. The van der Waals surface area contributed by atoms with Gasteiger partial charge in [-0.15, -0.1) is 5.10 Å². The number of anilines is 1. The average Bonchev–Trinajstić information content (AvgIpc) is 3.66. The third kappa shape index (κ3) is 8.52. The van der Waals surface area contributed by atoms with Gasteiger partial charge < -0.3 is 15.0 Å². The van der Waals surface area contributed by atoms with Gasteiger partial charge in [0.25, 0.3) is 5.91 Å². The molecule has 1 saturated heterocycles. The van der Waals surface area contributed by atoms with E-state index in [0.29, 0.717) is 22.6 Å². The number of hydrogen-bond acceptors (Lipinski definition) is 9. The Morgan fingerprint density at radius 1 is 1.12 bits per heavy atom. The standard InChI is InChI=1S/C35H40ClF3N8O2S/c1-33(2)21-23(22-46(33)3)10-12-26(25-7-4-5-18-40-25)41-27-8-6-9-30(42-27)50-45-32(48)24-11-13-28(43-31(24)36)47-19-14-29(44-47)49-20-17-34(15-16-34)35(37,38)39/h4-9,11,13-14,18-19,23,26H,10,12,15-17,20-22H2,1-3H3,(H,41,42)(H,45,48). The van der Waals surface area contributed by atoms with Crippen LogP contribution in [0.5, 0.6) is 5.88 Å². The maximum atomic E-state index is 13.2. The molecule has 2 atom stereocenters. The molecular weight excluding hydrogens is 689 g/mol. The molecular formula is C35H40ClF3N8O2S. The van der Waals surface area contributed by atoms with Crippen LogP contribution in [0.1, 0.15) is 74.5 Å². The van der Waals surface area contributed by atoms with Crippen molar-refractivity contribution >= 4 is 35.3 Å². The van der Waals surface area contributed by atoms with Crippen molar-refractivity contribution in [2.45, 2.75) is 75.2 Å². The zero-order valence-corrected chi connectivity index (χ0v) is 29.7. The first-order valence-electron chi connectivity index (χ1n) is 16.6. The van der Waals surface area contributed by atoms with Gasteiger partial charge in [-0.25, -0.2) is 14.6 Å². The fraction of sp³-hybridized carbons (Fsp3) is 0.457. The van der Waals surface area contributed by atoms with E-state index < -0.39 is 17.5 Å². The largest absolute Gasteiger partial charge is 0.477 e. The molecule has 50 heavy (non-hydrogen) atoms. The van der Waals surface area contributed by atoms with Gasteiger partial charge in [0.1, 0.15) is 16.0 Å². The van der Waals surface area contributed by atoms with E-state index in [4.69, 9.17) is 21.3 Å². The summed E-state index contributed by atoms with van der Waals surface area (Å²) in [6.45, 7) is 5.56. The first kappa shape index (κ1) is 35.9. The maximum absolute atomic E-state index is 13.2. The van der Waals surface area contributed by atoms with Crippen LogP contribution in [-0.4, -0.2) is 67.5 Å². The first-order chi connectivity index (χ1) is 23.8. The van der Waals surface area contributed by atoms with E-state index in [-0.39, 0.29) is 54.0 Å². The number of carbonyl (C=O) groups excluding carboxylic acids is 1. The second kappa shape index (κ2) is 14.8. The summed E-state index contributed by atoms with van der Waals surface area (Å²) in [5.74, 6) is 1.30. The van der Waals surface area contributed by atoms with Crippen LogP contribution in [-0.2, 0) is 0 Å². The second-order valence-electron chi connectivity index (χ2n) is 13.7. The van der Waals surface area contributed by atoms with Crippen LogP contribution < -0.4 is 14.8 Å². The van der Waals surface area contributed by atoms with Crippen molar-refractivity contribution in [3.63, 3.8) is 0 Å². The van der Waals surface area contributed by atoms with Gasteiger partial charge in [0.05, 0.1) is 29.3 Å². The first-order valence-corrected chi connectivity index (χ1v) is 17.8. The lowest BCUT2D eigenvalue weighted by Crippen LogP contribution is -2.34. The molecule has 2 fully saturated rings. The predicted molar refractivity (Wildman–Crippen MR) is 186 cm³/mol. The highest BCUT2D eigenvalue weighted by atomic mass is 35.5. The van der Waals surface area contributed by atoms with E-state index in [1.165, 1.54) is 16.8 Å². The molecule has 4 aromatic rings. The molecule has 1 saturated carbocycles. The maximum Gasteiger partial charge on any atom is 0.394 e. The number of pyridine rings is 3. The van der Waals surface area contributed by atoms with Gasteiger partial charge in [-0.1, -0.05) is 23.7 Å². The number of alkyl halides is 3. The molecule has 5 heterocycles. The zero-order chi connectivity index (χ0) is 35.5. The number of nitrogens with one attached hydrogen (secondary N) is 2. The molecule has 10 nitrogen and oxygen atoms in total. The van der Waals surface area contributed by atoms with Gasteiger partial charge in [0, 0.05) is 42.5 Å². The fourth-order valence-electron chi connectivity index (χ4n) is 6.33. The minimum atomic E-state index is -4.23. The zero-order valence-electron chi connectivity index (χ0n) is 28.1. The Bertz CT molecular complexity index is 1790. The van der Waals surface area contributed by atoms with Gasteiger partial charge in [-0.3, -0.25) is 14.5 Å². The number of carbonyl (C=O) groups is 1. The molecule has 266 valence electrons. The van der Waals surface area contributed by atoms with E-state index >= 15 is 0 Å². The van der Waals surface area contributed by atoms with Crippen molar-refractivity contribution in [2.75, 3.05) is 25.5 Å². The molecule has 0 radical (unpaired) electrons. The number of halogens is 4. The van der Waals surface area contributed by atoms with Crippen molar-refractivity contribution in [1.29, 1.82) is 0 Å². The van der Waals surface area contributed by atoms with Crippen molar-refractivity contribution in [3.05, 3.63) is 83.4 Å². The molecule has 1 aliphatic heterocycles. The van der Waals surface area contributed by atoms with Crippen LogP contribution in [0, 0.1) is 11.3 Å². The summed E-state index contributed by atoms with van der Waals surface area (Å²) in [7, 11) is 2.19. The smallest absolute Gasteiger partial charge is 0.394 e. The van der Waals surface area contributed by atoms with E-state index in [0.717, 1.165) is 43.4 Å². The third-order valence-electron chi connectivity index (χ3n) is 9.72. The molecule has 2 unspecified atom stereocenters. The van der Waals surface area contributed by atoms with Crippen LogP contribution in [0.25, 0.3) is 5.82 Å². The SMILES string of the molecule is CN1CC(CCC(Nc2cccc(SNC(=O)c3ccc(-n4ccc(OCCC5(C(F)(F)F)CC5)n4)nc3Cl)n2)c2ccccn2)CC1(C)C. The van der Waals surface area contributed by atoms with E-state index in [2.05, 4.69) is 50.9 Å². The fourth-order valence-corrected chi connectivity index (χ4v) is 7.16. The number of rotatable bonds is 14. The monoisotopic (exact) mass is 728 g/mol. The Morgan fingerprint density at radius 3 is 2.62 bits per heavy atom. The Balaban J connectivity index is 1.03. The van der Waals surface area contributed by atoms with Gasteiger partial charge in [0.15, 0.2) is 5.82 Å². The number of hydrogen-bond donors (Lipinski definition) is 2. The molecule has 15 heteroatoms. The lowest BCUT2D eigenvalue weighted by Gasteiger charge is -2.26. The van der Waals surface area contributed by atoms with Gasteiger partial charge >= 0.3 is 6.18 Å². The van der Waals surface area contributed by atoms with Gasteiger partial charge in [-0.2, -0.15) is 13.2 Å². The number of aromatic nitrogens is 5. The van der Waals surface area contributed by atoms with Crippen molar-refractivity contribution in [3.8, 4) is 11.7 Å².